The summed E-state index contributed by atoms with van der Waals surface area (Å²) in [5, 5.41) is 1.00. The highest BCUT2D eigenvalue weighted by Gasteiger charge is 2.27. The second kappa shape index (κ2) is 4.01. The SMILES string of the molecule is CCC1CCN(SC2CC2)CC1. The third-order valence-electron chi connectivity index (χ3n) is 2.97. The van der Waals surface area contributed by atoms with Crippen LogP contribution in [0, 0.1) is 5.92 Å². The van der Waals surface area contributed by atoms with Gasteiger partial charge < -0.3 is 0 Å². The molecule has 2 fully saturated rings. The minimum atomic E-state index is 1.00. The van der Waals surface area contributed by atoms with Gasteiger partial charge >= 0.3 is 0 Å². The van der Waals surface area contributed by atoms with Gasteiger partial charge in [-0.25, -0.2) is 0 Å². The van der Waals surface area contributed by atoms with Crippen LogP contribution in [-0.4, -0.2) is 22.6 Å². The number of piperidine rings is 1. The van der Waals surface area contributed by atoms with E-state index >= 15 is 0 Å². The Bertz CT molecular complexity index is 137. The molecule has 2 rings (SSSR count). The number of hydrogen-bond acceptors (Lipinski definition) is 2. The Labute approximate surface area is 80.0 Å². The predicted molar refractivity (Wildman–Crippen MR) is 55.2 cm³/mol. The van der Waals surface area contributed by atoms with Crippen LogP contribution in [0.3, 0.4) is 0 Å². The fourth-order valence-corrected chi connectivity index (χ4v) is 3.00. The van der Waals surface area contributed by atoms with Crippen molar-refractivity contribution >= 4 is 11.9 Å². The molecule has 0 unspecified atom stereocenters. The summed E-state index contributed by atoms with van der Waals surface area (Å²) in [5.41, 5.74) is 0. The first-order valence-corrected chi connectivity index (χ1v) is 6.14. The van der Waals surface area contributed by atoms with Crippen molar-refractivity contribution in [2.24, 2.45) is 5.92 Å². The molecule has 12 heavy (non-hydrogen) atoms. The summed E-state index contributed by atoms with van der Waals surface area (Å²) < 4.78 is 2.60. The molecule has 0 amide bonds. The van der Waals surface area contributed by atoms with Crippen molar-refractivity contribution < 1.29 is 0 Å². The third kappa shape index (κ3) is 2.40. The van der Waals surface area contributed by atoms with Crippen molar-refractivity contribution in [3.05, 3.63) is 0 Å². The van der Waals surface area contributed by atoms with E-state index in [2.05, 4.69) is 23.2 Å². The van der Waals surface area contributed by atoms with E-state index in [1.54, 1.807) is 0 Å². The van der Waals surface area contributed by atoms with Gasteiger partial charge in [-0.2, -0.15) is 0 Å². The molecule has 0 aromatic carbocycles. The molecular formula is C10H19NS. The Morgan fingerprint density at radius 3 is 2.33 bits per heavy atom. The van der Waals surface area contributed by atoms with Crippen LogP contribution in [0.2, 0.25) is 0 Å². The van der Waals surface area contributed by atoms with Crippen LogP contribution in [0.1, 0.15) is 39.0 Å². The summed E-state index contributed by atoms with van der Waals surface area (Å²) in [6.45, 7) is 5.02. The molecule has 0 aromatic rings. The summed E-state index contributed by atoms with van der Waals surface area (Å²) in [6.07, 6.45) is 7.21. The molecule has 1 nitrogen and oxygen atoms in total. The first-order chi connectivity index (χ1) is 5.88. The lowest BCUT2D eigenvalue weighted by Gasteiger charge is -2.30. The zero-order valence-electron chi connectivity index (χ0n) is 7.96. The summed E-state index contributed by atoms with van der Waals surface area (Å²) in [6, 6.07) is 0. The Morgan fingerprint density at radius 1 is 1.17 bits per heavy atom. The minimum Gasteiger partial charge on any atom is -0.250 e. The number of rotatable bonds is 3. The van der Waals surface area contributed by atoms with E-state index in [9.17, 15) is 0 Å². The normalized spacial score (nSPS) is 27.8. The molecule has 0 aromatic heterocycles. The zero-order valence-corrected chi connectivity index (χ0v) is 8.78. The highest BCUT2D eigenvalue weighted by molar-refractivity contribution is 7.97. The van der Waals surface area contributed by atoms with Crippen molar-refractivity contribution in [1.29, 1.82) is 0 Å². The van der Waals surface area contributed by atoms with Gasteiger partial charge in [0, 0.05) is 18.3 Å². The molecule has 2 aliphatic rings. The topological polar surface area (TPSA) is 3.24 Å². The van der Waals surface area contributed by atoms with E-state index in [1.807, 2.05) is 0 Å². The Hall–Kier alpha value is 0.310. The largest absolute Gasteiger partial charge is 0.250 e. The molecule has 1 saturated carbocycles. The van der Waals surface area contributed by atoms with E-state index in [-0.39, 0.29) is 0 Å². The van der Waals surface area contributed by atoms with Crippen molar-refractivity contribution in [2.45, 2.75) is 44.3 Å². The van der Waals surface area contributed by atoms with E-state index < -0.39 is 0 Å². The van der Waals surface area contributed by atoms with Gasteiger partial charge in [-0.3, -0.25) is 4.31 Å². The molecule has 0 N–H and O–H groups in total. The molecule has 1 aliphatic carbocycles. The van der Waals surface area contributed by atoms with Crippen molar-refractivity contribution in [3.63, 3.8) is 0 Å². The van der Waals surface area contributed by atoms with Gasteiger partial charge in [0.25, 0.3) is 0 Å². The molecule has 2 heteroatoms. The van der Waals surface area contributed by atoms with Crippen LogP contribution in [0.15, 0.2) is 0 Å². The Kier molecular flexibility index (Phi) is 2.97. The fraction of sp³-hybridized carbons (Fsp3) is 1.00. The number of nitrogens with zero attached hydrogens (tertiary/aromatic N) is 1. The van der Waals surface area contributed by atoms with Crippen LogP contribution in [0.4, 0.5) is 0 Å². The van der Waals surface area contributed by atoms with E-state index in [1.165, 1.54) is 45.2 Å². The van der Waals surface area contributed by atoms with Gasteiger partial charge in [0.2, 0.25) is 0 Å². The smallest absolute Gasteiger partial charge is 0.0196 e. The predicted octanol–water partition coefficient (Wildman–Crippen LogP) is 2.92. The summed E-state index contributed by atoms with van der Waals surface area (Å²) in [7, 11) is 0. The minimum absolute atomic E-state index is 1.00. The lowest BCUT2D eigenvalue weighted by molar-refractivity contribution is 0.286. The van der Waals surface area contributed by atoms with Gasteiger partial charge in [0.15, 0.2) is 0 Å². The average Bonchev–Trinajstić information content (AvgIpc) is 2.90. The summed E-state index contributed by atoms with van der Waals surface area (Å²) in [4.78, 5) is 0. The maximum absolute atomic E-state index is 2.60. The van der Waals surface area contributed by atoms with E-state index in [0.29, 0.717) is 0 Å². The fourth-order valence-electron chi connectivity index (χ4n) is 1.81. The van der Waals surface area contributed by atoms with Crippen LogP contribution in [0.5, 0.6) is 0 Å². The first kappa shape index (κ1) is 8.89. The zero-order chi connectivity index (χ0) is 8.39. The second-order valence-electron chi connectivity index (χ2n) is 4.09. The van der Waals surface area contributed by atoms with Crippen LogP contribution in [-0.2, 0) is 0 Å². The standard InChI is InChI=1S/C10H19NS/c1-2-9-5-7-11(8-6-9)12-10-3-4-10/h9-10H,2-8H2,1H3. The molecular weight excluding hydrogens is 166 g/mol. The molecule has 1 saturated heterocycles. The molecule has 0 radical (unpaired) electrons. The molecule has 0 spiro atoms. The van der Waals surface area contributed by atoms with Gasteiger partial charge in [-0.1, -0.05) is 25.3 Å². The molecule has 70 valence electrons. The van der Waals surface area contributed by atoms with Crippen LogP contribution >= 0.6 is 11.9 Å². The second-order valence-corrected chi connectivity index (χ2v) is 5.48. The molecule has 0 bridgehead atoms. The molecule has 0 atom stereocenters. The van der Waals surface area contributed by atoms with Gasteiger partial charge in [-0.05, 0) is 31.6 Å². The summed E-state index contributed by atoms with van der Waals surface area (Å²) in [5.74, 6) is 1.03. The lowest BCUT2D eigenvalue weighted by atomic mass is 9.96. The van der Waals surface area contributed by atoms with Gasteiger partial charge in [-0.15, -0.1) is 0 Å². The lowest BCUT2D eigenvalue weighted by Crippen LogP contribution is -2.28. The Balaban J connectivity index is 1.66. The average molecular weight is 185 g/mol. The van der Waals surface area contributed by atoms with E-state index in [4.69, 9.17) is 0 Å². The van der Waals surface area contributed by atoms with Crippen molar-refractivity contribution in [1.82, 2.24) is 4.31 Å². The van der Waals surface area contributed by atoms with Gasteiger partial charge in [0.1, 0.15) is 0 Å². The monoisotopic (exact) mass is 185 g/mol. The van der Waals surface area contributed by atoms with Crippen molar-refractivity contribution in [3.8, 4) is 0 Å². The quantitative estimate of drug-likeness (QED) is 0.622. The van der Waals surface area contributed by atoms with Crippen LogP contribution < -0.4 is 0 Å². The van der Waals surface area contributed by atoms with E-state index in [0.717, 1.165) is 11.2 Å². The maximum atomic E-state index is 2.60. The van der Waals surface area contributed by atoms with Crippen LogP contribution in [0.25, 0.3) is 0 Å². The summed E-state index contributed by atoms with van der Waals surface area (Å²) >= 11 is 2.13. The molecule has 1 aliphatic heterocycles. The number of hydrogen-bond donors (Lipinski definition) is 0. The van der Waals surface area contributed by atoms with Crippen molar-refractivity contribution in [2.75, 3.05) is 13.1 Å². The Morgan fingerprint density at radius 2 is 1.83 bits per heavy atom. The highest BCUT2D eigenvalue weighted by Crippen LogP contribution is 2.38. The van der Waals surface area contributed by atoms with Gasteiger partial charge in [0.05, 0.1) is 0 Å². The highest BCUT2D eigenvalue weighted by atomic mass is 32.2. The maximum Gasteiger partial charge on any atom is 0.0196 e. The third-order valence-corrected chi connectivity index (χ3v) is 4.41. The molecule has 1 heterocycles. The first-order valence-electron chi connectivity index (χ1n) is 5.30.